The Balaban J connectivity index is 0.000000354. The Kier molecular flexibility index (Phi) is 7.92. The Morgan fingerprint density at radius 2 is 1.75 bits per heavy atom. The van der Waals surface area contributed by atoms with E-state index in [0.29, 0.717) is 0 Å². The monoisotopic (exact) mass is 180 g/mol. The molecule has 0 atom stereocenters. The molecule has 0 unspecified atom stereocenters. The molecular formula is C11H16S. The molecule has 0 spiro atoms. The molecule has 1 heteroatoms. The van der Waals surface area contributed by atoms with E-state index in [1.54, 1.807) is 11.8 Å². The maximum Gasteiger partial charge on any atom is -0.0100 e. The van der Waals surface area contributed by atoms with Gasteiger partial charge in [-0.1, -0.05) is 36.4 Å². The number of hydrogen-bond acceptors (Lipinski definition) is 1. The van der Waals surface area contributed by atoms with Crippen molar-refractivity contribution in [3.8, 4) is 0 Å². The van der Waals surface area contributed by atoms with Crippen LogP contribution in [0.4, 0.5) is 0 Å². The van der Waals surface area contributed by atoms with Crippen LogP contribution in [-0.4, -0.2) is 12.5 Å². The minimum Gasteiger partial charge on any atom is -0.169 e. The Bertz CT molecular complexity index is 191. The Morgan fingerprint density at radius 3 is 2.17 bits per heavy atom. The molecule has 0 saturated heterocycles. The van der Waals surface area contributed by atoms with Gasteiger partial charge in [-0.3, -0.25) is 0 Å². The molecule has 0 fully saturated rings. The van der Waals surface area contributed by atoms with E-state index in [0.717, 1.165) is 6.42 Å². The van der Waals surface area contributed by atoms with Crippen LogP contribution in [-0.2, 0) is 6.42 Å². The highest BCUT2D eigenvalue weighted by molar-refractivity contribution is 7.97. The van der Waals surface area contributed by atoms with Gasteiger partial charge in [0.15, 0.2) is 0 Å². The summed E-state index contributed by atoms with van der Waals surface area (Å²) in [6.45, 7) is 3.66. The standard InChI is InChI=1S/C9H10.C2H6S/c1-2-6-9-7-4-3-5-8-9;1-3-2/h2-5,7-8H,1,6H2;1-2H3. The van der Waals surface area contributed by atoms with Crippen molar-refractivity contribution < 1.29 is 0 Å². The van der Waals surface area contributed by atoms with Crippen LogP contribution in [0.3, 0.4) is 0 Å². The van der Waals surface area contributed by atoms with Crippen LogP contribution in [0.2, 0.25) is 0 Å². The summed E-state index contributed by atoms with van der Waals surface area (Å²) in [4.78, 5) is 0. The predicted molar refractivity (Wildman–Crippen MR) is 59.8 cm³/mol. The summed E-state index contributed by atoms with van der Waals surface area (Å²) in [7, 11) is 0. The van der Waals surface area contributed by atoms with Crippen LogP contribution >= 0.6 is 11.8 Å². The highest BCUT2D eigenvalue weighted by atomic mass is 32.2. The minimum atomic E-state index is 0.973. The number of allylic oxidation sites excluding steroid dienone is 1. The fraction of sp³-hybridized carbons (Fsp3) is 0.273. The van der Waals surface area contributed by atoms with E-state index >= 15 is 0 Å². The average molecular weight is 180 g/mol. The van der Waals surface area contributed by atoms with Crippen LogP contribution in [0.25, 0.3) is 0 Å². The van der Waals surface area contributed by atoms with Gasteiger partial charge in [-0.15, -0.1) is 6.58 Å². The molecule has 66 valence electrons. The fourth-order valence-electron chi connectivity index (χ4n) is 0.781. The number of thioether (sulfide) groups is 1. The van der Waals surface area contributed by atoms with E-state index in [-0.39, 0.29) is 0 Å². The first-order valence-corrected chi connectivity index (χ1v) is 5.53. The number of benzene rings is 1. The molecular weight excluding hydrogens is 164 g/mol. The summed E-state index contributed by atoms with van der Waals surface area (Å²) < 4.78 is 0. The van der Waals surface area contributed by atoms with Crippen molar-refractivity contribution >= 4 is 11.8 Å². The zero-order valence-corrected chi connectivity index (χ0v) is 8.60. The first kappa shape index (κ1) is 11.3. The van der Waals surface area contributed by atoms with Gasteiger partial charge in [-0.25, -0.2) is 0 Å². The van der Waals surface area contributed by atoms with Gasteiger partial charge >= 0.3 is 0 Å². The van der Waals surface area contributed by atoms with Gasteiger partial charge in [0.25, 0.3) is 0 Å². The van der Waals surface area contributed by atoms with Gasteiger partial charge in [0.05, 0.1) is 0 Å². The maximum absolute atomic E-state index is 3.66. The van der Waals surface area contributed by atoms with Crippen molar-refractivity contribution in [1.29, 1.82) is 0 Å². The molecule has 0 amide bonds. The van der Waals surface area contributed by atoms with Crippen LogP contribution in [0.1, 0.15) is 5.56 Å². The molecule has 1 rings (SSSR count). The molecule has 0 aliphatic rings. The second-order valence-corrected chi connectivity index (χ2v) is 3.20. The van der Waals surface area contributed by atoms with Gasteiger partial charge in [-0.05, 0) is 24.5 Å². The lowest BCUT2D eigenvalue weighted by molar-refractivity contribution is 1.28. The topological polar surface area (TPSA) is 0 Å². The van der Waals surface area contributed by atoms with E-state index < -0.39 is 0 Å². The summed E-state index contributed by atoms with van der Waals surface area (Å²) in [5.74, 6) is 0. The lowest BCUT2D eigenvalue weighted by atomic mass is 10.2. The summed E-state index contributed by atoms with van der Waals surface area (Å²) in [6, 6.07) is 10.3. The molecule has 1 aromatic rings. The summed E-state index contributed by atoms with van der Waals surface area (Å²) >= 11 is 1.75. The fourth-order valence-corrected chi connectivity index (χ4v) is 0.781. The lowest BCUT2D eigenvalue weighted by Gasteiger charge is -1.91. The quantitative estimate of drug-likeness (QED) is 0.629. The highest BCUT2D eigenvalue weighted by Crippen LogP contribution is 1.98. The van der Waals surface area contributed by atoms with Crippen LogP contribution in [0.15, 0.2) is 43.0 Å². The van der Waals surface area contributed by atoms with E-state index in [4.69, 9.17) is 0 Å². The van der Waals surface area contributed by atoms with Gasteiger partial charge in [0.1, 0.15) is 0 Å². The van der Waals surface area contributed by atoms with Crippen LogP contribution < -0.4 is 0 Å². The van der Waals surface area contributed by atoms with Gasteiger partial charge in [0, 0.05) is 0 Å². The van der Waals surface area contributed by atoms with Crippen molar-refractivity contribution in [3.05, 3.63) is 48.6 Å². The summed E-state index contributed by atoms with van der Waals surface area (Å²) in [6.07, 6.45) is 6.97. The predicted octanol–water partition coefficient (Wildman–Crippen LogP) is 3.39. The smallest absolute Gasteiger partial charge is 0.0100 e. The summed E-state index contributed by atoms with van der Waals surface area (Å²) in [5.41, 5.74) is 1.33. The Hall–Kier alpha value is -0.690. The number of rotatable bonds is 2. The van der Waals surface area contributed by atoms with Gasteiger partial charge < -0.3 is 0 Å². The molecule has 0 radical (unpaired) electrons. The first-order chi connectivity index (χ1) is 5.85. The second-order valence-electron chi connectivity index (χ2n) is 2.39. The van der Waals surface area contributed by atoms with Crippen molar-refractivity contribution in [2.45, 2.75) is 6.42 Å². The van der Waals surface area contributed by atoms with E-state index in [2.05, 4.69) is 18.7 Å². The van der Waals surface area contributed by atoms with Gasteiger partial charge in [-0.2, -0.15) is 11.8 Å². The second kappa shape index (κ2) is 8.41. The molecule has 0 N–H and O–H groups in total. The summed E-state index contributed by atoms with van der Waals surface area (Å²) in [5, 5.41) is 0. The molecule has 0 bridgehead atoms. The third kappa shape index (κ3) is 6.05. The van der Waals surface area contributed by atoms with Crippen molar-refractivity contribution in [3.63, 3.8) is 0 Å². The average Bonchev–Trinajstić information content (AvgIpc) is 2.08. The van der Waals surface area contributed by atoms with Crippen LogP contribution in [0.5, 0.6) is 0 Å². The van der Waals surface area contributed by atoms with E-state index in [1.165, 1.54) is 5.56 Å². The Labute approximate surface area is 79.7 Å². The molecule has 0 saturated carbocycles. The molecule has 0 aromatic heterocycles. The molecule has 1 aromatic carbocycles. The van der Waals surface area contributed by atoms with Crippen molar-refractivity contribution in [2.75, 3.05) is 12.5 Å². The third-order valence-corrected chi connectivity index (χ3v) is 1.22. The molecule has 0 heterocycles. The molecule has 12 heavy (non-hydrogen) atoms. The zero-order chi connectivity index (χ0) is 9.23. The van der Waals surface area contributed by atoms with Crippen LogP contribution in [0, 0.1) is 0 Å². The van der Waals surface area contributed by atoms with E-state index in [1.807, 2.05) is 36.8 Å². The maximum atomic E-state index is 3.66. The minimum absolute atomic E-state index is 0.973. The molecule has 0 aliphatic carbocycles. The normalized spacial score (nSPS) is 8.17. The highest BCUT2D eigenvalue weighted by Gasteiger charge is 1.82. The number of hydrogen-bond donors (Lipinski definition) is 0. The zero-order valence-electron chi connectivity index (χ0n) is 7.79. The third-order valence-electron chi connectivity index (χ3n) is 1.22. The Morgan fingerprint density at radius 1 is 1.25 bits per heavy atom. The van der Waals surface area contributed by atoms with Crippen molar-refractivity contribution in [2.24, 2.45) is 0 Å². The van der Waals surface area contributed by atoms with Gasteiger partial charge in [0.2, 0.25) is 0 Å². The lowest BCUT2D eigenvalue weighted by Crippen LogP contribution is -1.75. The SMILES string of the molecule is C=CCc1ccccc1.CSC. The van der Waals surface area contributed by atoms with Crippen molar-refractivity contribution in [1.82, 2.24) is 0 Å². The molecule has 0 aliphatic heterocycles. The molecule has 0 nitrogen and oxygen atoms in total. The largest absolute Gasteiger partial charge is 0.169 e. The van der Waals surface area contributed by atoms with E-state index in [9.17, 15) is 0 Å². The first-order valence-electron chi connectivity index (χ1n) is 3.90.